The molecular formula is C26H25ClF2N4O4. The Bertz CT molecular complexity index is 1310. The first kappa shape index (κ1) is 24.2. The highest BCUT2D eigenvalue weighted by Gasteiger charge is 2.43. The van der Waals surface area contributed by atoms with E-state index in [1.165, 1.54) is 25.3 Å². The van der Waals surface area contributed by atoms with Crippen molar-refractivity contribution in [2.75, 3.05) is 12.0 Å². The molecule has 11 heteroatoms. The lowest BCUT2D eigenvalue weighted by Gasteiger charge is -2.39. The molecule has 0 spiro atoms. The summed E-state index contributed by atoms with van der Waals surface area (Å²) in [5, 5.41) is 4.05. The second-order valence-electron chi connectivity index (χ2n) is 9.81. The molecule has 3 fully saturated rings. The van der Waals surface area contributed by atoms with Crippen LogP contribution < -0.4 is 4.90 Å². The normalized spacial score (nSPS) is 22.9. The van der Waals surface area contributed by atoms with Gasteiger partial charge in [0, 0.05) is 29.6 Å². The Morgan fingerprint density at radius 2 is 1.84 bits per heavy atom. The van der Waals surface area contributed by atoms with Gasteiger partial charge in [0.15, 0.2) is 5.69 Å². The Kier molecular flexibility index (Phi) is 6.32. The molecule has 2 saturated heterocycles. The van der Waals surface area contributed by atoms with Gasteiger partial charge in [0.25, 0.3) is 0 Å². The van der Waals surface area contributed by atoms with E-state index in [-0.39, 0.29) is 52.9 Å². The Balaban J connectivity index is 1.21. The number of hydrogen-bond acceptors (Lipinski definition) is 8. The number of ether oxygens (including phenoxy) is 2. The number of halogens is 3. The second kappa shape index (κ2) is 9.64. The van der Waals surface area contributed by atoms with Crippen molar-refractivity contribution in [3.8, 4) is 11.3 Å². The summed E-state index contributed by atoms with van der Waals surface area (Å²) in [7, 11) is 1.29. The number of anilines is 1. The summed E-state index contributed by atoms with van der Waals surface area (Å²) >= 11 is 6.10. The molecule has 37 heavy (non-hydrogen) atoms. The first-order chi connectivity index (χ1) is 17.9. The van der Waals surface area contributed by atoms with Crippen LogP contribution in [0.1, 0.15) is 66.3 Å². The summed E-state index contributed by atoms with van der Waals surface area (Å²) in [6, 6.07) is 5.66. The molecule has 1 aliphatic carbocycles. The molecule has 2 atom stereocenters. The van der Waals surface area contributed by atoms with Crippen molar-refractivity contribution in [2.45, 2.75) is 69.2 Å². The van der Waals surface area contributed by atoms with E-state index in [0.29, 0.717) is 17.1 Å². The largest absolute Gasteiger partial charge is 0.464 e. The van der Waals surface area contributed by atoms with E-state index in [4.69, 9.17) is 25.6 Å². The number of aromatic nitrogens is 3. The number of piperidine rings is 1. The van der Waals surface area contributed by atoms with E-state index in [1.807, 2.05) is 0 Å². The topological polar surface area (TPSA) is 90.6 Å². The third-order valence-corrected chi connectivity index (χ3v) is 7.63. The molecule has 2 aromatic heterocycles. The molecule has 0 N–H and O–H groups in total. The maximum absolute atomic E-state index is 14.6. The molecule has 6 rings (SSSR count). The molecule has 1 aromatic carbocycles. The summed E-state index contributed by atoms with van der Waals surface area (Å²) in [6.45, 7) is 0.161. The minimum Gasteiger partial charge on any atom is -0.464 e. The van der Waals surface area contributed by atoms with Gasteiger partial charge in [-0.1, -0.05) is 11.2 Å². The van der Waals surface area contributed by atoms with Gasteiger partial charge in [-0.05, 0) is 62.3 Å². The van der Waals surface area contributed by atoms with Gasteiger partial charge in [0.05, 0.1) is 25.4 Å². The number of methoxy groups -OCH3 is 1. The maximum atomic E-state index is 14.6. The highest BCUT2D eigenvalue weighted by Crippen LogP contribution is 2.45. The van der Waals surface area contributed by atoms with Gasteiger partial charge < -0.3 is 18.9 Å². The molecular weight excluding hydrogens is 506 g/mol. The number of fused-ring (bicyclic) bond motifs is 2. The highest BCUT2D eigenvalue weighted by molar-refractivity contribution is 6.28. The smallest absolute Gasteiger partial charge is 0.356 e. The predicted octanol–water partition coefficient (Wildman–Crippen LogP) is 5.44. The number of carbonyl (C=O) groups is 1. The number of carbonyl (C=O) groups excluding carboxylic acids is 1. The quantitative estimate of drug-likeness (QED) is 0.294. The van der Waals surface area contributed by atoms with E-state index in [2.05, 4.69) is 20.0 Å². The zero-order valence-electron chi connectivity index (χ0n) is 20.1. The van der Waals surface area contributed by atoms with Crippen LogP contribution in [0.5, 0.6) is 0 Å². The lowest BCUT2D eigenvalue weighted by Crippen LogP contribution is -2.46. The predicted molar refractivity (Wildman–Crippen MR) is 129 cm³/mol. The van der Waals surface area contributed by atoms with Crippen molar-refractivity contribution in [2.24, 2.45) is 0 Å². The fourth-order valence-electron chi connectivity index (χ4n) is 5.63. The molecule has 4 heterocycles. The van der Waals surface area contributed by atoms with Crippen LogP contribution in [0.3, 0.4) is 0 Å². The van der Waals surface area contributed by atoms with Crippen molar-refractivity contribution in [3.05, 3.63) is 58.2 Å². The van der Waals surface area contributed by atoms with Gasteiger partial charge in [0.1, 0.15) is 28.9 Å². The third kappa shape index (κ3) is 4.57. The van der Waals surface area contributed by atoms with E-state index >= 15 is 0 Å². The minimum atomic E-state index is -0.682. The summed E-state index contributed by atoms with van der Waals surface area (Å²) in [5.41, 5.74) is 0.715. The van der Waals surface area contributed by atoms with Crippen LogP contribution in [0.2, 0.25) is 5.28 Å². The second-order valence-corrected chi connectivity index (χ2v) is 10.2. The van der Waals surface area contributed by atoms with Gasteiger partial charge in [0.2, 0.25) is 5.28 Å². The number of hydrogen-bond donors (Lipinski definition) is 0. The summed E-state index contributed by atoms with van der Waals surface area (Å²) in [6.07, 6.45) is 5.22. The van der Waals surface area contributed by atoms with Crippen LogP contribution in [0.4, 0.5) is 14.6 Å². The number of benzene rings is 1. The molecule has 2 unspecified atom stereocenters. The van der Waals surface area contributed by atoms with Crippen molar-refractivity contribution in [1.29, 1.82) is 0 Å². The van der Waals surface area contributed by atoms with Crippen molar-refractivity contribution >= 4 is 23.4 Å². The first-order valence-electron chi connectivity index (χ1n) is 12.4. The molecule has 8 nitrogen and oxygen atoms in total. The third-order valence-electron chi connectivity index (χ3n) is 7.46. The van der Waals surface area contributed by atoms with Crippen LogP contribution >= 0.6 is 11.6 Å². The average molecular weight is 531 g/mol. The summed E-state index contributed by atoms with van der Waals surface area (Å²) < 4.78 is 45.8. The lowest BCUT2D eigenvalue weighted by atomic mass is 9.99. The molecule has 3 aliphatic rings. The molecule has 2 bridgehead atoms. The molecule has 0 amide bonds. The Morgan fingerprint density at radius 3 is 2.49 bits per heavy atom. The van der Waals surface area contributed by atoms with Gasteiger partial charge in [-0.3, -0.25) is 0 Å². The zero-order chi connectivity index (χ0) is 25.7. The van der Waals surface area contributed by atoms with Crippen molar-refractivity contribution in [3.63, 3.8) is 0 Å². The van der Waals surface area contributed by atoms with Crippen molar-refractivity contribution in [1.82, 2.24) is 15.1 Å². The Hall–Kier alpha value is -3.11. The molecule has 2 aliphatic heterocycles. The molecule has 1 saturated carbocycles. The average Bonchev–Trinajstić information content (AvgIpc) is 3.59. The number of esters is 1. The Morgan fingerprint density at radius 1 is 1.14 bits per heavy atom. The van der Waals surface area contributed by atoms with E-state index in [0.717, 1.165) is 38.5 Å². The van der Waals surface area contributed by atoms with Crippen LogP contribution in [0.15, 0.2) is 28.8 Å². The number of rotatable bonds is 7. The van der Waals surface area contributed by atoms with E-state index < -0.39 is 17.6 Å². The molecule has 3 aromatic rings. The fraction of sp³-hybridized carbons (Fsp3) is 0.462. The molecule has 0 radical (unpaired) electrons. The standard InChI is InChI=1S/C26H25ClF2N4O4/c1-35-25(34)20-11-21(31-26(27)30-20)33-14-7-8-15(33)10-16(9-14)36-12-17-23(32-37-24(17)13-5-6-13)22-18(28)3-2-4-19(22)29/h2-4,11,13-16H,5-10,12H2,1H3. The first-order valence-corrected chi connectivity index (χ1v) is 12.8. The monoisotopic (exact) mass is 530 g/mol. The minimum absolute atomic E-state index is 0.0105. The maximum Gasteiger partial charge on any atom is 0.356 e. The summed E-state index contributed by atoms with van der Waals surface area (Å²) in [5.74, 6) is -0.475. The summed E-state index contributed by atoms with van der Waals surface area (Å²) in [4.78, 5) is 22.5. The van der Waals surface area contributed by atoms with Crippen LogP contribution in [0, 0.1) is 11.6 Å². The SMILES string of the molecule is COC(=O)c1cc(N2C3CCC2CC(OCc2c(-c4c(F)cccc4F)noc2C2CC2)C3)nc(Cl)n1. The van der Waals surface area contributed by atoms with E-state index in [1.54, 1.807) is 6.07 Å². The lowest BCUT2D eigenvalue weighted by molar-refractivity contribution is 0.0145. The van der Waals surface area contributed by atoms with Gasteiger partial charge in [-0.25, -0.2) is 23.5 Å². The zero-order valence-corrected chi connectivity index (χ0v) is 20.9. The van der Waals surface area contributed by atoms with Crippen LogP contribution in [-0.2, 0) is 16.1 Å². The van der Waals surface area contributed by atoms with Gasteiger partial charge in [-0.15, -0.1) is 0 Å². The fourth-order valence-corrected chi connectivity index (χ4v) is 5.81. The highest BCUT2D eigenvalue weighted by atomic mass is 35.5. The number of nitrogens with zero attached hydrogens (tertiary/aromatic N) is 4. The van der Waals surface area contributed by atoms with Crippen molar-refractivity contribution < 1.29 is 27.6 Å². The molecule has 194 valence electrons. The van der Waals surface area contributed by atoms with Crippen LogP contribution in [0.25, 0.3) is 11.3 Å². The van der Waals surface area contributed by atoms with E-state index in [9.17, 15) is 13.6 Å². The van der Waals surface area contributed by atoms with Crippen LogP contribution in [-0.4, -0.2) is 46.4 Å². The van der Waals surface area contributed by atoms with Gasteiger partial charge >= 0.3 is 5.97 Å². The van der Waals surface area contributed by atoms with Gasteiger partial charge in [-0.2, -0.15) is 0 Å². The Labute approximate surface area is 216 Å².